The Hall–Kier alpha value is -2.02. The van der Waals surface area contributed by atoms with Crippen molar-refractivity contribution < 1.29 is 9.53 Å². The van der Waals surface area contributed by atoms with Crippen molar-refractivity contribution in [1.82, 2.24) is 19.6 Å². The van der Waals surface area contributed by atoms with E-state index in [4.69, 9.17) is 4.74 Å². The number of benzene rings is 1. The Balaban J connectivity index is 1.83. The van der Waals surface area contributed by atoms with Gasteiger partial charge in [0.2, 0.25) is 5.78 Å². The summed E-state index contributed by atoms with van der Waals surface area (Å²) < 4.78 is 7.20. The van der Waals surface area contributed by atoms with E-state index in [1.165, 1.54) is 11.8 Å². The van der Waals surface area contributed by atoms with Crippen LogP contribution in [0.4, 0.5) is 0 Å². The first-order chi connectivity index (χ1) is 9.94. The number of nitrogens with zero attached hydrogens (tertiary/aromatic N) is 3. The third-order valence-electron chi connectivity index (χ3n) is 2.74. The van der Waals surface area contributed by atoms with Gasteiger partial charge < -0.3 is 4.74 Å². The van der Waals surface area contributed by atoms with Gasteiger partial charge in [0, 0.05) is 0 Å². The zero-order valence-electron chi connectivity index (χ0n) is 12.1. The Morgan fingerprint density at radius 2 is 2.14 bits per heavy atom. The fourth-order valence-electron chi connectivity index (χ4n) is 2.03. The molecule has 2 aromatic heterocycles. The van der Waals surface area contributed by atoms with Crippen molar-refractivity contribution in [1.29, 1.82) is 0 Å². The summed E-state index contributed by atoms with van der Waals surface area (Å²) in [5.74, 6) is 0.625. The number of carbonyl (C=O) groups is 1. The number of aromatic amines is 1. The van der Waals surface area contributed by atoms with Gasteiger partial charge in [-0.15, -0.1) is 5.10 Å². The molecule has 0 saturated heterocycles. The van der Waals surface area contributed by atoms with E-state index in [1.807, 2.05) is 49.4 Å². The van der Waals surface area contributed by atoms with E-state index < -0.39 is 5.60 Å². The summed E-state index contributed by atoms with van der Waals surface area (Å²) in [5.41, 5.74) is 1.39. The number of esters is 1. The van der Waals surface area contributed by atoms with Crippen LogP contribution in [0.25, 0.3) is 16.8 Å². The number of thioether (sulfide) groups is 1. The van der Waals surface area contributed by atoms with Crippen molar-refractivity contribution in [2.24, 2.45) is 0 Å². The number of imidazole rings is 1. The molecule has 110 valence electrons. The quantitative estimate of drug-likeness (QED) is 0.595. The summed E-state index contributed by atoms with van der Waals surface area (Å²) in [6.45, 7) is 5.56. The molecule has 0 aliphatic carbocycles. The minimum atomic E-state index is -0.472. The lowest BCUT2D eigenvalue weighted by atomic mass is 10.2. The summed E-state index contributed by atoms with van der Waals surface area (Å²) in [5, 5.41) is 7.78. The molecule has 1 aromatic carbocycles. The van der Waals surface area contributed by atoms with Gasteiger partial charge >= 0.3 is 5.97 Å². The van der Waals surface area contributed by atoms with Crippen molar-refractivity contribution in [3.63, 3.8) is 0 Å². The molecule has 2 heterocycles. The number of hydrogen-bond acceptors (Lipinski definition) is 5. The van der Waals surface area contributed by atoms with E-state index in [9.17, 15) is 4.79 Å². The number of para-hydroxylation sites is 2. The van der Waals surface area contributed by atoms with Crippen molar-refractivity contribution in [3.8, 4) is 0 Å². The third kappa shape index (κ3) is 2.87. The summed E-state index contributed by atoms with van der Waals surface area (Å²) >= 11 is 1.33. The Bertz CT molecular complexity index is 800. The van der Waals surface area contributed by atoms with Gasteiger partial charge in [0.25, 0.3) is 0 Å². The Morgan fingerprint density at radius 1 is 1.38 bits per heavy atom. The van der Waals surface area contributed by atoms with Crippen LogP contribution < -0.4 is 0 Å². The number of ether oxygens (including phenoxy) is 1. The number of fused-ring (bicyclic) bond motifs is 3. The predicted octanol–water partition coefficient (Wildman–Crippen LogP) is 2.64. The average Bonchev–Trinajstić information content (AvgIpc) is 2.93. The van der Waals surface area contributed by atoms with Crippen LogP contribution in [0.2, 0.25) is 0 Å². The minimum Gasteiger partial charge on any atom is -0.459 e. The number of carbonyl (C=O) groups excluding carboxylic acids is 1. The van der Waals surface area contributed by atoms with Gasteiger partial charge in [-0.1, -0.05) is 23.9 Å². The van der Waals surface area contributed by atoms with E-state index in [2.05, 4.69) is 15.2 Å². The molecule has 0 radical (unpaired) electrons. The van der Waals surface area contributed by atoms with E-state index in [0.717, 1.165) is 11.0 Å². The van der Waals surface area contributed by atoms with Crippen molar-refractivity contribution >= 4 is 34.5 Å². The molecular weight excluding hydrogens is 288 g/mol. The molecular formula is C14H16N4O2S. The molecule has 0 unspecified atom stereocenters. The van der Waals surface area contributed by atoms with Crippen LogP contribution in [0.3, 0.4) is 0 Å². The highest BCUT2D eigenvalue weighted by Crippen LogP contribution is 2.23. The molecule has 0 fully saturated rings. The molecule has 0 amide bonds. The molecule has 0 bridgehead atoms. The van der Waals surface area contributed by atoms with Crippen LogP contribution in [0, 0.1) is 0 Å². The number of nitrogens with one attached hydrogen (secondary N) is 1. The number of aromatic nitrogens is 4. The third-order valence-corrected chi connectivity index (χ3v) is 3.65. The topological polar surface area (TPSA) is 72.3 Å². The van der Waals surface area contributed by atoms with Gasteiger partial charge in [0.15, 0.2) is 5.16 Å². The zero-order valence-corrected chi connectivity index (χ0v) is 12.9. The summed E-state index contributed by atoms with van der Waals surface area (Å²) in [6, 6.07) is 7.81. The molecule has 0 atom stereocenters. The second-order valence-electron chi connectivity index (χ2n) is 5.64. The largest absolute Gasteiger partial charge is 0.459 e. The summed E-state index contributed by atoms with van der Waals surface area (Å²) in [4.78, 5) is 16.2. The van der Waals surface area contributed by atoms with Crippen LogP contribution in [0.15, 0.2) is 29.4 Å². The lowest BCUT2D eigenvalue weighted by molar-refractivity contribution is -0.151. The van der Waals surface area contributed by atoms with Gasteiger partial charge in [-0.25, -0.2) is 10.1 Å². The van der Waals surface area contributed by atoms with Crippen molar-refractivity contribution in [2.45, 2.75) is 31.5 Å². The molecule has 3 rings (SSSR count). The zero-order chi connectivity index (χ0) is 15.0. The van der Waals surface area contributed by atoms with Crippen LogP contribution in [0.5, 0.6) is 0 Å². The molecule has 1 N–H and O–H groups in total. The highest BCUT2D eigenvalue weighted by Gasteiger charge is 2.18. The van der Waals surface area contributed by atoms with E-state index in [1.54, 1.807) is 0 Å². The second kappa shape index (κ2) is 5.07. The van der Waals surface area contributed by atoms with E-state index >= 15 is 0 Å². The molecule has 0 spiro atoms. The summed E-state index contributed by atoms with van der Waals surface area (Å²) in [7, 11) is 0. The van der Waals surface area contributed by atoms with Gasteiger partial charge in [0.1, 0.15) is 5.60 Å². The average molecular weight is 304 g/mol. The first-order valence-electron chi connectivity index (χ1n) is 6.60. The van der Waals surface area contributed by atoms with Crippen molar-refractivity contribution in [3.05, 3.63) is 24.3 Å². The smallest absolute Gasteiger partial charge is 0.316 e. The lowest BCUT2D eigenvalue weighted by Gasteiger charge is -2.18. The standard InChI is InChI=1S/C14H16N4O2S/c1-14(2,3)20-11(19)8-21-13-17-16-12-15-9-6-4-5-7-10(9)18(12)13/h4-7H,8H2,1-3H3,(H,15,16). The van der Waals surface area contributed by atoms with Crippen LogP contribution in [-0.4, -0.2) is 36.9 Å². The molecule has 3 aromatic rings. The number of rotatable bonds is 3. The first-order valence-corrected chi connectivity index (χ1v) is 7.59. The predicted molar refractivity (Wildman–Crippen MR) is 81.4 cm³/mol. The Labute approximate surface area is 125 Å². The minimum absolute atomic E-state index is 0.212. The highest BCUT2D eigenvalue weighted by molar-refractivity contribution is 7.99. The van der Waals surface area contributed by atoms with Gasteiger partial charge in [-0.3, -0.25) is 9.20 Å². The molecule has 21 heavy (non-hydrogen) atoms. The Kier molecular flexibility index (Phi) is 3.36. The number of H-pyrrole nitrogens is 1. The summed E-state index contributed by atoms with van der Waals surface area (Å²) in [6.07, 6.45) is 0. The number of hydrogen-bond donors (Lipinski definition) is 1. The normalized spacial score (nSPS) is 12.1. The fourth-order valence-corrected chi connectivity index (χ4v) is 2.76. The Morgan fingerprint density at radius 3 is 2.90 bits per heavy atom. The molecule has 0 aliphatic rings. The van der Waals surface area contributed by atoms with E-state index in [0.29, 0.717) is 10.9 Å². The molecule has 0 aliphatic heterocycles. The highest BCUT2D eigenvalue weighted by atomic mass is 32.2. The first kappa shape index (κ1) is 13.9. The SMILES string of the molecule is CC(C)(C)OC(=O)CSc1n[nH]c2nc3ccccc3n12. The van der Waals surface area contributed by atoms with Gasteiger partial charge in [0.05, 0.1) is 16.8 Å². The maximum absolute atomic E-state index is 11.8. The fraction of sp³-hybridized carbons (Fsp3) is 0.357. The molecule has 6 nitrogen and oxygen atoms in total. The van der Waals surface area contributed by atoms with Crippen LogP contribution >= 0.6 is 11.8 Å². The lowest BCUT2D eigenvalue weighted by Crippen LogP contribution is -2.24. The maximum Gasteiger partial charge on any atom is 0.316 e. The molecule has 7 heteroatoms. The monoisotopic (exact) mass is 304 g/mol. The van der Waals surface area contributed by atoms with Crippen LogP contribution in [0.1, 0.15) is 20.8 Å². The van der Waals surface area contributed by atoms with Gasteiger partial charge in [-0.05, 0) is 32.9 Å². The van der Waals surface area contributed by atoms with Crippen molar-refractivity contribution in [2.75, 3.05) is 5.75 Å². The van der Waals surface area contributed by atoms with E-state index in [-0.39, 0.29) is 11.7 Å². The second-order valence-corrected chi connectivity index (χ2v) is 6.58. The maximum atomic E-state index is 11.8. The van der Waals surface area contributed by atoms with Crippen LogP contribution in [-0.2, 0) is 9.53 Å². The molecule has 0 saturated carbocycles. The van der Waals surface area contributed by atoms with Gasteiger partial charge in [-0.2, -0.15) is 0 Å².